The summed E-state index contributed by atoms with van der Waals surface area (Å²) in [5.41, 5.74) is 0. The third-order valence-electron chi connectivity index (χ3n) is 1.13. The molecule has 0 saturated heterocycles. The Morgan fingerprint density at radius 1 is 1.62 bits per heavy atom. The van der Waals surface area contributed by atoms with Gasteiger partial charge in [-0.15, -0.1) is 0 Å². The first-order valence-corrected chi connectivity index (χ1v) is 2.37. The maximum atomic E-state index is 10.3. The lowest BCUT2D eigenvalue weighted by molar-refractivity contribution is -0.657. The fourth-order valence-electron chi connectivity index (χ4n) is 0.632. The third-order valence-corrected chi connectivity index (χ3v) is 1.13. The van der Waals surface area contributed by atoms with E-state index in [4.69, 9.17) is 10.2 Å². The minimum absolute atomic E-state index is 0.108. The van der Waals surface area contributed by atoms with Crippen LogP contribution in [-0.4, -0.2) is 27.1 Å². The van der Waals surface area contributed by atoms with E-state index in [1.807, 2.05) is 0 Å². The van der Waals surface area contributed by atoms with E-state index in [1.54, 1.807) is 0 Å². The fraction of sp³-hybridized carbons (Fsp3) is 0.750. The van der Waals surface area contributed by atoms with E-state index in [9.17, 15) is 5.21 Å². The first-order valence-electron chi connectivity index (χ1n) is 2.37. The molecule has 0 aromatic carbocycles. The van der Waals surface area contributed by atoms with E-state index in [-0.39, 0.29) is 11.2 Å². The summed E-state index contributed by atoms with van der Waals surface area (Å²) in [6.07, 6.45) is 1.76. The van der Waals surface area contributed by atoms with Gasteiger partial charge < -0.3 is 15.4 Å². The van der Waals surface area contributed by atoms with Crippen molar-refractivity contribution in [2.45, 2.75) is 18.8 Å². The Bertz CT molecular complexity index is 129. The molecule has 0 atom stereocenters. The van der Waals surface area contributed by atoms with Crippen molar-refractivity contribution in [3.8, 4) is 0 Å². The third kappa shape index (κ3) is 0.677. The summed E-state index contributed by atoms with van der Waals surface area (Å²) in [6, 6.07) is 0. The highest BCUT2D eigenvalue weighted by Crippen LogP contribution is 2.13. The molecule has 1 rings (SSSR count). The van der Waals surface area contributed by atoms with E-state index >= 15 is 0 Å². The predicted molar refractivity (Wildman–Crippen MR) is 26.1 cm³/mol. The molecule has 0 radical (unpaired) electrons. The zero-order chi connectivity index (χ0) is 6.20. The van der Waals surface area contributed by atoms with Crippen LogP contribution in [0.1, 0.15) is 12.8 Å². The van der Waals surface area contributed by atoms with Crippen molar-refractivity contribution in [3.63, 3.8) is 0 Å². The molecule has 0 amide bonds. The van der Waals surface area contributed by atoms with Gasteiger partial charge in [-0.2, -0.15) is 4.74 Å². The van der Waals surface area contributed by atoms with Crippen molar-refractivity contribution in [1.29, 1.82) is 0 Å². The van der Waals surface area contributed by atoms with Gasteiger partial charge in [0.05, 0.1) is 6.42 Å². The molecular weight excluding hydrogens is 110 g/mol. The topological polar surface area (TPSA) is 66.5 Å². The average Bonchev–Trinajstić information content (AvgIpc) is 1.86. The lowest BCUT2D eigenvalue weighted by Crippen LogP contribution is -2.34. The summed E-state index contributed by atoms with van der Waals surface area (Å²) >= 11 is 0. The number of hydrogen-bond acceptors (Lipinski definition) is 3. The van der Waals surface area contributed by atoms with Crippen LogP contribution in [0.5, 0.6) is 0 Å². The highest BCUT2D eigenvalue weighted by Gasteiger charge is 2.36. The van der Waals surface area contributed by atoms with Crippen LogP contribution in [0.15, 0.2) is 0 Å². The second-order valence-electron chi connectivity index (χ2n) is 1.82. The first kappa shape index (κ1) is 5.53. The van der Waals surface area contributed by atoms with Crippen LogP contribution in [0, 0.1) is 5.21 Å². The Balaban J connectivity index is 2.73. The van der Waals surface area contributed by atoms with Gasteiger partial charge >= 0.3 is 5.91 Å². The smallest absolute Gasteiger partial charge is 0.391 e. The lowest BCUT2D eigenvalue weighted by Gasteiger charge is -2.12. The summed E-state index contributed by atoms with van der Waals surface area (Å²) in [5.74, 6) is -2.12. The molecule has 46 valence electrons. The summed E-state index contributed by atoms with van der Waals surface area (Å²) in [4.78, 5) is 0. The Kier molecular flexibility index (Phi) is 0.988. The Hall–Kier alpha value is -0.610. The quantitative estimate of drug-likeness (QED) is 0.243. The van der Waals surface area contributed by atoms with E-state index < -0.39 is 5.91 Å². The number of aliphatic hydroxyl groups is 2. The monoisotopic (exact) mass is 117 g/mol. The molecule has 0 bridgehead atoms. The highest BCUT2D eigenvalue weighted by molar-refractivity contribution is 5.53. The fourth-order valence-corrected chi connectivity index (χ4v) is 0.632. The van der Waals surface area contributed by atoms with E-state index in [2.05, 4.69) is 0 Å². The van der Waals surface area contributed by atoms with E-state index in [0.29, 0.717) is 6.42 Å². The summed E-state index contributed by atoms with van der Waals surface area (Å²) < 4.78 is 0.160. The van der Waals surface area contributed by atoms with Crippen molar-refractivity contribution in [3.05, 3.63) is 5.21 Å². The second-order valence-corrected chi connectivity index (χ2v) is 1.82. The zero-order valence-corrected chi connectivity index (χ0v) is 4.24. The molecule has 8 heavy (non-hydrogen) atoms. The van der Waals surface area contributed by atoms with Crippen LogP contribution in [0.25, 0.3) is 0 Å². The first-order chi connectivity index (χ1) is 3.63. The van der Waals surface area contributed by atoms with Gasteiger partial charge in [-0.05, 0) is 0 Å². The molecule has 0 aromatic heterocycles. The van der Waals surface area contributed by atoms with Crippen LogP contribution in [0.2, 0.25) is 0 Å². The largest absolute Gasteiger partial charge is 0.620 e. The molecular formula is C4H7NO3. The SMILES string of the molecule is [O-][N+]1=CCCC1(O)O. The molecule has 1 heterocycles. The van der Waals surface area contributed by atoms with Gasteiger partial charge in [-0.25, -0.2) is 0 Å². The van der Waals surface area contributed by atoms with Crippen LogP contribution in [0.3, 0.4) is 0 Å². The Morgan fingerprint density at radius 3 is 2.38 bits per heavy atom. The van der Waals surface area contributed by atoms with E-state index in [0.717, 1.165) is 0 Å². The molecule has 0 fully saturated rings. The van der Waals surface area contributed by atoms with Crippen LogP contribution < -0.4 is 0 Å². The molecule has 1 aliphatic heterocycles. The number of hydrogen-bond donors (Lipinski definition) is 2. The van der Waals surface area contributed by atoms with Crippen LogP contribution in [-0.2, 0) is 0 Å². The summed E-state index contributed by atoms with van der Waals surface area (Å²) in [7, 11) is 0. The molecule has 2 N–H and O–H groups in total. The molecule has 0 aromatic rings. The predicted octanol–water partition coefficient (Wildman–Crippen LogP) is -1.00. The van der Waals surface area contributed by atoms with Crippen LogP contribution >= 0.6 is 0 Å². The van der Waals surface area contributed by atoms with Gasteiger partial charge in [-0.1, -0.05) is 0 Å². The zero-order valence-electron chi connectivity index (χ0n) is 4.24. The molecule has 4 heteroatoms. The van der Waals surface area contributed by atoms with Crippen LogP contribution in [0.4, 0.5) is 0 Å². The number of nitrogens with zero attached hydrogens (tertiary/aromatic N) is 1. The number of rotatable bonds is 0. The van der Waals surface area contributed by atoms with Gasteiger partial charge in [0.25, 0.3) is 0 Å². The van der Waals surface area contributed by atoms with Crippen molar-refractivity contribution in [1.82, 2.24) is 0 Å². The van der Waals surface area contributed by atoms with Crippen molar-refractivity contribution < 1.29 is 15.0 Å². The highest BCUT2D eigenvalue weighted by atomic mass is 16.6. The normalized spacial score (nSPS) is 25.5. The average molecular weight is 117 g/mol. The molecule has 1 aliphatic rings. The summed E-state index contributed by atoms with van der Waals surface area (Å²) in [6.45, 7) is 0. The molecule has 0 unspecified atom stereocenters. The maximum absolute atomic E-state index is 10.3. The lowest BCUT2D eigenvalue weighted by atomic mass is 10.3. The van der Waals surface area contributed by atoms with Crippen molar-refractivity contribution in [2.75, 3.05) is 0 Å². The molecule has 4 nitrogen and oxygen atoms in total. The molecule has 0 saturated carbocycles. The minimum Gasteiger partial charge on any atom is -0.620 e. The van der Waals surface area contributed by atoms with Gasteiger partial charge in [0.2, 0.25) is 0 Å². The van der Waals surface area contributed by atoms with Crippen molar-refractivity contribution >= 4 is 6.21 Å². The second kappa shape index (κ2) is 1.43. The number of hydroxylamine groups is 1. The van der Waals surface area contributed by atoms with Gasteiger partial charge in [-0.3, -0.25) is 0 Å². The standard InChI is InChI=1S/C4H7NO3/c6-4(7)2-1-3-5(4)8/h3,6-7H,1-2H2. The minimum atomic E-state index is -2.12. The maximum Gasteiger partial charge on any atom is 0.391 e. The van der Waals surface area contributed by atoms with Crippen molar-refractivity contribution in [2.24, 2.45) is 0 Å². The van der Waals surface area contributed by atoms with E-state index in [1.165, 1.54) is 6.21 Å². The van der Waals surface area contributed by atoms with Gasteiger partial charge in [0, 0.05) is 6.42 Å². The molecule has 0 spiro atoms. The van der Waals surface area contributed by atoms with Gasteiger partial charge in [0.15, 0.2) is 6.21 Å². The van der Waals surface area contributed by atoms with Gasteiger partial charge in [0.1, 0.15) is 0 Å². The summed E-state index contributed by atoms with van der Waals surface area (Å²) in [5, 5.41) is 27.5. The molecule has 0 aliphatic carbocycles. The Labute approximate surface area is 46.3 Å². The Morgan fingerprint density at radius 2 is 2.25 bits per heavy atom.